The molecule has 2 aromatic carbocycles. The van der Waals surface area contributed by atoms with E-state index in [2.05, 4.69) is 5.32 Å². The summed E-state index contributed by atoms with van der Waals surface area (Å²) in [6, 6.07) is 13.3. The highest BCUT2D eigenvalue weighted by Gasteiger charge is 2.08. The number of carbonyl (C=O) groups is 2. The van der Waals surface area contributed by atoms with Crippen LogP contribution in [0.4, 0.5) is 5.69 Å². The smallest absolute Gasteiger partial charge is 0.331 e. The second-order valence-corrected chi connectivity index (χ2v) is 5.66. The second kappa shape index (κ2) is 8.88. The minimum Gasteiger partial charge on any atom is -0.452 e. The first-order chi connectivity index (χ1) is 12.0. The van der Waals surface area contributed by atoms with Crippen molar-refractivity contribution < 1.29 is 14.3 Å². The van der Waals surface area contributed by atoms with E-state index in [1.165, 1.54) is 6.08 Å². The van der Waals surface area contributed by atoms with Crippen LogP contribution in [0.1, 0.15) is 11.1 Å². The lowest BCUT2D eigenvalue weighted by Crippen LogP contribution is -2.20. The monoisotopic (exact) mass is 374 g/mol. The molecule has 0 aromatic heterocycles. The number of nitriles is 1. The van der Waals surface area contributed by atoms with Crippen molar-refractivity contribution in [2.45, 2.75) is 0 Å². The maximum Gasteiger partial charge on any atom is 0.331 e. The molecule has 0 aliphatic heterocycles. The predicted octanol–water partition coefficient (Wildman–Crippen LogP) is 4.06. The summed E-state index contributed by atoms with van der Waals surface area (Å²) < 4.78 is 4.85. The van der Waals surface area contributed by atoms with Gasteiger partial charge in [-0.3, -0.25) is 4.79 Å². The van der Waals surface area contributed by atoms with Crippen LogP contribution in [0.15, 0.2) is 48.5 Å². The van der Waals surface area contributed by atoms with Crippen molar-refractivity contribution in [3.05, 3.63) is 69.7 Å². The fraction of sp³-hybridized carbons (Fsp3) is 0.0556. The molecule has 0 bridgehead atoms. The van der Waals surface area contributed by atoms with E-state index in [0.29, 0.717) is 26.9 Å². The molecule has 5 nitrogen and oxygen atoms in total. The Labute approximate surface area is 154 Å². The highest BCUT2D eigenvalue weighted by Crippen LogP contribution is 2.22. The average molecular weight is 375 g/mol. The maximum absolute atomic E-state index is 11.8. The number of nitrogens with one attached hydrogen (secondary N) is 1. The number of hydrogen-bond donors (Lipinski definition) is 1. The van der Waals surface area contributed by atoms with Crippen molar-refractivity contribution >= 4 is 46.8 Å². The molecule has 0 radical (unpaired) electrons. The second-order valence-electron chi connectivity index (χ2n) is 4.81. The molecule has 25 heavy (non-hydrogen) atoms. The molecule has 2 rings (SSSR count). The van der Waals surface area contributed by atoms with Crippen LogP contribution in [0, 0.1) is 11.3 Å². The number of esters is 1. The Morgan fingerprint density at radius 2 is 1.96 bits per heavy atom. The lowest BCUT2D eigenvalue weighted by molar-refractivity contribution is -0.142. The Bertz CT molecular complexity index is 873. The van der Waals surface area contributed by atoms with Gasteiger partial charge in [0.25, 0.3) is 5.91 Å². The van der Waals surface area contributed by atoms with E-state index in [0.717, 1.165) is 6.08 Å². The highest BCUT2D eigenvalue weighted by atomic mass is 35.5. The van der Waals surface area contributed by atoms with E-state index in [1.807, 2.05) is 6.07 Å². The van der Waals surface area contributed by atoms with Crippen LogP contribution < -0.4 is 5.32 Å². The number of nitrogens with zero attached hydrogens (tertiary/aromatic N) is 1. The lowest BCUT2D eigenvalue weighted by atomic mass is 10.2. The van der Waals surface area contributed by atoms with Gasteiger partial charge in [0.2, 0.25) is 0 Å². The SMILES string of the molecule is N#Cc1ccccc1NC(=O)COC(=O)/C=C/c1ccc(Cl)cc1Cl. The zero-order valence-electron chi connectivity index (χ0n) is 12.8. The summed E-state index contributed by atoms with van der Waals surface area (Å²) in [5.74, 6) is -1.25. The topological polar surface area (TPSA) is 79.2 Å². The summed E-state index contributed by atoms with van der Waals surface area (Å²) in [4.78, 5) is 23.5. The number of halogens is 2. The number of carbonyl (C=O) groups excluding carboxylic acids is 2. The molecule has 1 amide bonds. The Hall–Kier alpha value is -2.81. The van der Waals surface area contributed by atoms with E-state index in [9.17, 15) is 9.59 Å². The molecular weight excluding hydrogens is 363 g/mol. The van der Waals surface area contributed by atoms with Crippen molar-refractivity contribution in [3.8, 4) is 6.07 Å². The van der Waals surface area contributed by atoms with E-state index in [4.69, 9.17) is 33.2 Å². The van der Waals surface area contributed by atoms with Gasteiger partial charge in [0.15, 0.2) is 6.61 Å². The van der Waals surface area contributed by atoms with Gasteiger partial charge in [-0.1, -0.05) is 41.4 Å². The number of amides is 1. The van der Waals surface area contributed by atoms with Crippen molar-refractivity contribution in [1.82, 2.24) is 0 Å². The maximum atomic E-state index is 11.8. The van der Waals surface area contributed by atoms with Gasteiger partial charge in [0.1, 0.15) is 6.07 Å². The van der Waals surface area contributed by atoms with Crippen LogP contribution in [-0.2, 0) is 14.3 Å². The van der Waals surface area contributed by atoms with E-state index >= 15 is 0 Å². The van der Waals surface area contributed by atoms with E-state index < -0.39 is 18.5 Å². The molecule has 7 heteroatoms. The molecule has 0 aliphatic rings. The molecule has 0 aliphatic carbocycles. The molecule has 2 aromatic rings. The van der Waals surface area contributed by atoms with Crippen LogP contribution in [-0.4, -0.2) is 18.5 Å². The van der Waals surface area contributed by atoms with Gasteiger partial charge in [0.05, 0.1) is 11.3 Å². The number of hydrogen-bond acceptors (Lipinski definition) is 4. The van der Waals surface area contributed by atoms with Gasteiger partial charge >= 0.3 is 5.97 Å². The van der Waals surface area contributed by atoms with Gasteiger partial charge in [-0.25, -0.2) is 4.79 Å². The molecule has 0 saturated carbocycles. The minimum absolute atomic E-state index is 0.319. The number of rotatable bonds is 5. The van der Waals surface area contributed by atoms with Gasteiger partial charge in [0, 0.05) is 16.1 Å². The van der Waals surface area contributed by atoms with E-state index in [1.54, 1.807) is 42.5 Å². The molecule has 0 fully saturated rings. The Morgan fingerprint density at radius 1 is 1.20 bits per heavy atom. The first kappa shape index (κ1) is 18.5. The third-order valence-electron chi connectivity index (χ3n) is 3.03. The third kappa shape index (κ3) is 5.64. The first-order valence-electron chi connectivity index (χ1n) is 7.08. The molecule has 0 atom stereocenters. The summed E-state index contributed by atoms with van der Waals surface area (Å²) in [5.41, 5.74) is 1.27. The Kier molecular flexibility index (Phi) is 6.58. The molecule has 0 unspecified atom stereocenters. The van der Waals surface area contributed by atoms with Crippen molar-refractivity contribution in [2.75, 3.05) is 11.9 Å². The predicted molar refractivity (Wildman–Crippen MR) is 96.2 cm³/mol. The standard InChI is InChI=1S/C18H12Cl2N2O3/c19-14-7-5-12(15(20)9-14)6-8-18(24)25-11-17(23)22-16-4-2-1-3-13(16)10-21/h1-9H,11H2,(H,22,23)/b8-6+. The molecular formula is C18H12Cl2N2O3. The third-order valence-corrected chi connectivity index (χ3v) is 3.59. The first-order valence-corrected chi connectivity index (χ1v) is 7.84. The fourth-order valence-electron chi connectivity index (χ4n) is 1.86. The summed E-state index contributed by atoms with van der Waals surface area (Å²) in [7, 11) is 0. The molecule has 0 spiro atoms. The quantitative estimate of drug-likeness (QED) is 0.631. The Balaban J connectivity index is 1.88. The van der Waals surface area contributed by atoms with Gasteiger partial charge in [-0.15, -0.1) is 0 Å². The summed E-state index contributed by atoms with van der Waals surface area (Å²) in [6.07, 6.45) is 2.62. The highest BCUT2D eigenvalue weighted by molar-refractivity contribution is 6.35. The minimum atomic E-state index is -0.699. The van der Waals surface area contributed by atoms with Crippen LogP contribution in [0.2, 0.25) is 10.0 Å². The molecule has 0 heterocycles. The summed E-state index contributed by atoms with van der Waals surface area (Å²) >= 11 is 11.8. The van der Waals surface area contributed by atoms with Crippen LogP contribution in [0.5, 0.6) is 0 Å². The van der Waals surface area contributed by atoms with Crippen LogP contribution >= 0.6 is 23.2 Å². The lowest BCUT2D eigenvalue weighted by Gasteiger charge is -2.06. The van der Waals surface area contributed by atoms with Crippen LogP contribution in [0.25, 0.3) is 6.08 Å². The number of ether oxygens (including phenoxy) is 1. The van der Waals surface area contributed by atoms with Crippen molar-refractivity contribution in [3.63, 3.8) is 0 Å². The number of anilines is 1. The molecule has 1 N–H and O–H groups in total. The zero-order valence-corrected chi connectivity index (χ0v) is 14.3. The van der Waals surface area contributed by atoms with Gasteiger partial charge in [-0.05, 0) is 35.9 Å². The van der Waals surface area contributed by atoms with Gasteiger partial charge in [-0.2, -0.15) is 5.26 Å². The van der Waals surface area contributed by atoms with E-state index in [-0.39, 0.29) is 0 Å². The summed E-state index contributed by atoms with van der Waals surface area (Å²) in [6.45, 7) is -0.475. The average Bonchev–Trinajstić information content (AvgIpc) is 2.59. The number of benzene rings is 2. The zero-order chi connectivity index (χ0) is 18.2. The largest absolute Gasteiger partial charge is 0.452 e. The van der Waals surface area contributed by atoms with Crippen LogP contribution in [0.3, 0.4) is 0 Å². The Morgan fingerprint density at radius 3 is 2.68 bits per heavy atom. The molecule has 126 valence electrons. The number of para-hydroxylation sites is 1. The van der Waals surface area contributed by atoms with Crippen molar-refractivity contribution in [2.24, 2.45) is 0 Å². The van der Waals surface area contributed by atoms with Gasteiger partial charge < -0.3 is 10.1 Å². The fourth-order valence-corrected chi connectivity index (χ4v) is 2.33. The normalized spacial score (nSPS) is 10.3. The molecule has 0 saturated heterocycles. The summed E-state index contributed by atoms with van der Waals surface area (Å²) in [5, 5.41) is 12.3. The van der Waals surface area contributed by atoms with Crippen molar-refractivity contribution in [1.29, 1.82) is 5.26 Å².